The summed E-state index contributed by atoms with van der Waals surface area (Å²) in [4.78, 5) is 22.5. The lowest BCUT2D eigenvalue weighted by molar-refractivity contribution is -0.137. The Morgan fingerprint density at radius 3 is 2.55 bits per heavy atom. The van der Waals surface area contributed by atoms with Crippen molar-refractivity contribution in [2.45, 2.75) is 12.6 Å². The Balaban J connectivity index is 2.10. The highest BCUT2D eigenvalue weighted by Crippen LogP contribution is 2.29. The molecule has 112 valence electrons. The molecule has 0 saturated carbocycles. The van der Waals surface area contributed by atoms with Crippen LogP contribution in [0.4, 0.5) is 4.39 Å². The maximum absolute atomic E-state index is 13.7. The first-order valence-electron chi connectivity index (χ1n) is 6.86. The molecular formula is C17H14FNO3. The molecule has 0 spiro atoms. The predicted molar refractivity (Wildman–Crippen MR) is 81.9 cm³/mol. The SMILES string of the molecule is Cn1c2ccccc2c2ccc(C(=O)C(F)CC(=O)O)cc21. The number of alkyl halides is 1. The van der Waals surface area contributed by atoms with Gasteiger partial charge in [0.1, 0.15) is 0 Å². The number of fused-ring (bicyclic) bond motifs is 3. The van der Waals surface area contributed by atoms with Gasteiger partial charge < -0.3 is 9.67 Å². The van der Waals surface area contributed by atoms with E-state index in [4.69, 9.17) is 5.11 Å². The van der Waals surface area contributed by atoms with Crippen LogP contribution in [0.5, 0.6) is 0 Å². The van der Waals surface area contributed by atoms with Gasteiger partial charge in [-0.05, 0) is 12.1 Å². The van der Waals surface area contributed by atoms with Crippen molar-refractivity contribution in [3.63, 3.8) is 0 Å². The van der Waals surface area contributed by atoms with Crippen molar-refractivity contribution in [2.24, 2.45) is 7.05 Å². The summed E-state index contributed by atoms with van der Waals surface area (Å²) in [5, 5.41) is 10.6. The molecule has 0 aliphatic rings. The van der Waals surface area contributed by atoms with Crippen LogP contribution in [0.3, 0.4) is 0 Å². The lowest BCUT2D eigenvalue weighted by Crippen LogP contribution is -2.19. The minimum atomic E-state index is -2.02. The molecule has 0 radical (unpaired) electrons. The number of carbonyl (C=O) groups is 2. The number of Topliss-reactive ketones (excluding diaryl/α,β-unsaturated/α-hetero) is 1. The Labute approximate surface area is 125 Å². The first-order chi connectivity index (χ1) is 10.5. The minimum absolute atomic E-state index is 0.187. The number of carboxylic acid groups (broad SMARTS) is 1. The topological polar surface area (TPSA) is 59.3 Å². The van der Waals surface area contributed by atoms with Crippen molar-refractivity contribution in [2.75, 3.05) is 0 Å². The van der Waals surface area contributed by atoms with Gasteiger partial charge >= 0.3 is 5.97 Å². The molecule has 0 aliphatic carbocycles. The van der Waals surface area contributed by atoms with Gasteiger partial charge in [-0.3, -0.25) is 9.59 Å². The van der Waals surface area contributed by atoms with E-state index in [1.54, 1.807) is 18.2 Å². The van der Waals surface area contributed by atoms with E-state index < -0.39 is 24.3 Å². The highest BCUT2D eigenvalue weighted by atomic mass is 19.1. The normalized spacial score (nSPS) is 12.6. The summed E-state index contributed by atoms with van der Waals surface area (Å²) in [5.41, 5.74) is 2.02. The average molecular weight is 299 g/mol. The Morgan fingerprint density at radius 1 is 1.14 bits per heavy atom. The Morgan fingerprint density at radius 2 is 1.82 bits per heavy atom. The molecule has 1 atom stereocenters. The van der Waals surface area contributed by atoms with Gasteiger partial charge in [0.2, 0.25) is 0 Å². The summed E-state index contributed by atoms with van der Waals surface area (Å²) < 4.78 is 15.6. The number of aliphatic carboxylic acids is 1. The third-order valence-corrected chi connectivity index (χ3v) is 3.84. The van der Waals surface area contributed by atoms with Crippen LogP contribution in [0.2, 0.25) is 0 Å². The van der Waals surface area contributed by atoms with E-state index in [2.05, 4.69) is 0 Å². The van der Waals surface area contributed by atoms with Crippen LogP contribution in [0.15, 0.2) is 42.5 Å². The molecule has 0 bridgehead atoms. The molecule has 0 amide bonds. The number of ketones is 1. The summed E-state index contributed by atoms with van der Waals surface area (Å²) in [6, 6.07) is 12.8. The van der Waals surface area contributed by atoms with Crippen molar-refractivity contribution < 1.29 is 19.1 Å². The predicted octanol–water partition coefficient (Wildman–Crippen LogP) is 3.33. The van der Waals surface area contributed by atoms with Crippen molar-refractivity contribution in [3.05, 3.63) is 48.0 Å². The standard InChI is InChI=1S/C17H14FNO3/c1-19-14-5-3-2-4-11(14)12-7-6-10(8-15(12)19)17(22)13(18)9-16(20)21/h2-8,13H,9H2,1H3,(H,20,21). The molecule has 0 saturated heterocycles. The Hall–Kier alpha value is -2.69. The number of hydrogen-bond acceptors (Lipinski definition) is 2. The fourth-order valence-corrected chi connectivity index (χ4v) is 2.74. The molecule has 3 aromatic rings. The number of benzene rings is 2. The van der Waals surface area contributed by atoms with Crippen LogP contribution in [0.1, 0.15) is 16.8 Å². The van der Waals surface area contributed by atoms with E-state index in [1.165, 1.54) is 0 Å². The first-order valence-corrected chi connectivity index (χ1v) is 6.86. The second-order valence-electron chi connectivity index (χ2n) is 5.24. The third-order valence-electron chi connectivity index (χ3n) is 3.84. The zero-order valence-corrected chi connectivity index (χ0v) is 11.9. The van der Waals surface area contributed by atoms with E-state index in [-0.39, 0.29) is 5.56 Å². The van der Waals surface area contributed by atoms with Gasteiger partial charge in [0, 0.05) is 34.4 Å². The number of halogens is 1. The fourth-order valence-electron chi connectivity index (χ4n) is 2.74. The van der Waals surface area contributed by atoms with E-state index in [0.717, 1.165) is 21.8 Å². The molecule has 3 rings (SSSR count). The van der Waals surface area contributed by atoms with Gasteiger partial charge in [-0.15, -0.1) is 0 Å². The number of nitrogens with zero attached hydrogens (tertiary/aromatic N) is 1. The number of aryl methyl sites for hydroxylation is 1. The highest BCUT2D eigenvalue weighted by Gasteiger charge is 2.23. The zero-order chi connectivity index (χ0) is 15.9. The summed E-state index contributed by atoms with van der Waals surface area (Å²) in [6.45, 7) is 0. The largest absolute Gasteiger partial charge is 0.481 e. The Kier molecular flexibility index (Phi) is 3.41. The summed E-state index contributed by atoms with van der Waals surface area (Å²) >= 11 is 0. The molecule has 1 heterocycles. The van der Waals surface area contributed by atoms with Crippen molar-refractivity contribution in [1.82, 2.24) is 4.57 Å². The maximum atomic E-state index is 13.7. The van der Waals surface area contributed by atoms with Crippen molar-refractivity contribution in [1.29, 1.82) is 0 Å². The number of aromatic nitrogens is 1. The maximum Gasteiger partial charge on any atom is 0.306 e. The zero-order valence-electron chi connectivity index (χ0n) is 11.9. The second-order valence-corrected chi connectivity index (χ2v) is 5.24. The first kappa shape index (κ1) is 14.3. The van der Waals surface area contributed by atoms with Gasteiger partial charge in [-0.2, -0.15) is 0 Å². The quantitative estimate of drug-likeness (QED) is 0.752. The van der Waals surface area contributed by atoms with Crippen LogP contribution in [0.25, 0.3) is 21.8 Å². The summed E-state index contributed by atoms with van der Waals surface area (Å²) in [7, 11) is 1.88. The molecule has 1 N–H and O–H groups in total. The number of rotatable bonds is 4. The number of carboxylic acids is 1. The van der Waals surface area contributed by atoms with E-state index in [0.29, 0.717) is 0 Å². The van der Waals surface area contributed by atoms with Gasteiger partial charge in [-0.1, -0.05) is 30.3 Å². The van der Waals surface area contributed by atoms with Gasteiger partial charge in [0.05, 0.1) is 6.42 Å². The van der Waals surface area contributed by atoms with Crippen LogP contribution >= 0.6 is 0 Å². The highest BCUT2D eigenvalue weighted by molar-refractivity contribution is 6.11. The summed E-state index contributed by atoms with van der Waals surface area (Å²) in [5.74, 6) is -2.12. The van der Waals surface area contributed by atoms with Crippen LogP contribution in [0, 0.1) is 0 Å². The number of hydrogen-bond donors (Lipinski definition) is 1. The van der Waals surface area contributed by atoms with E-state index >= 15 is 0 Å². The van der Waals surface area contributed by atoms with E-state index in [1.807, 2.05) is 35.9 Å². The second kappa shape index (κ2) is 5.26. The molecule has 4 nitrogen and oxygen atoms in total. The van der Waals surface area contributed by atoms with Crippen LogP contribution in [-0.4, -0.2) is 27.6 Å². The van der Waals surface area contributed by atoms with Crippen LogP contribution in [-0.2, 0) is 11.8 Å². The molecule has 2 aromatic carbocycles. The molecule has 1 aromatic heterocycles. The van der Waals surface area contributed by atoms with Gasteiger partial charge in [0.15, 0.2) is 12.0 Å². The fraction of sp³-hybridized carbons (Fsp3) is 0.176. The molecule has 22 heavy (non-hydrogen) atoms. The van der Waals surface area contributed by atoms with E-state index in [9.17, 15) is 14.0 Å². The lowest BCUT2D eigenvalue weighted by Gasteiger charge is -2.06. The Bertz CT molecular complexity index is 897. The number of carbonyl (C=O) groups excluding carboxylic acids is 1. The lowest BCUT2D eigenvalue weighted by atomic mass is 10.0. The molecule has 0 aliphatic heterocycles. The average Bonchev–Trinajstić information content (AvgIpc) is 2.79. The molecule has 1 unspecified atom stereocenters. The smallest absolute Gasteiger partial charge is 0.306 e. The van der Waals surface area contributed by atoms with Crippen LogP contribution < -0.4 is 0 Å². The minimum Gasteiger partial charge on any atom is -0.481 e. The molecular weight excluding hydrogens is 285 g/mol. The molecule has 5 heteroatoms. The number of para-hydroxylation sites is 1. The monoisotopic (exact) mass is 299 g/mol. The van der Waals surface area contributed by atoms with Gasteiger partial charge in [-0.25, -0.2) is 4.39 Å². The van der Waals surface area contributed by atoms with Crippen molar-refractivity contribution in [3.8, 4) is 0 Å². The van der Waals surface area contributed by atoms with Gasteiger partial charge in [0.25, 0.3) is 0 Å². The molecule has 0 fully saturated rings. The van der Waals surface area contributed by atoms with Crippen molar-refractivity contribution >= 4 is 33.6 Å². The third kappa shape index (κ3) is 2.24. The summed E-state index contributed by atoms with van der Waals surface area (Å²) in [6.07, 6.45) is -2.84.